The Labute approximate surface area is 102 Å². The molecule has 0 aromatic carbocycles. The van der Waals surface area contributed by atoms with E-state index in [1.165, 1.54) is 32.1 Å². The molecule has 1 aromatic rings. The van der Waals surface area contributed by atoms with E-state index in [0.717, 1.165) is 24.1 Å². The first-order chi connectivity index (χ1) is 8.25. The number of hydrogen-bond donors (Lipinski definition) is 0. The second kappa shape index (κ2) is 4.28. The zero-order valence-corrected chi connectivity index (χ0v) is 10.5. The molecule has 0 radical (unpaired) electrons. The van der Waals surface area contributed by atoms with Gasteiger partial charge in [-0.3, -0.25) is 4.79 Å². The monoisotopic (exact) mass is 232 g/mol. The Balaban J connectivity index is 1.99. The smallest absolute Gasteiger partial charge is 0.267 e. The van der Waals surface area contributed by atoms with Crippen molar-refractivity contribution in [2.45, 2.75) is 63.8 Å². The maximum atomic E-state index is 12.4. The summed E-state index contributed by atoms with van der Waals surface area (Å²) in [4.78, 5) is 12.4. The van der Waals surface area contributed by atoms with Crippen molar-refractivity contribution in [3.8, 4) is 0 Å². The van der Waals surface area contributed by atoms with Crippen LogP contribution in [0.2, 0.25) is 0 Å². The molecule has 0 amide bonds. The van der Waals surface area contributed by atoms with E-state index >= 15 is 0 Å². The molecule has 0 bridgehead atoms. The summed E-state index contributed by atoms with van der Waals surface area (Å²) in [7, 11) is 0. The van der Waals surface area contributed by atoms with Gasteiger partial charge in [0.1, 0.15) is 0 Å². The number of aryl methyl sites for hydroxylation is 1. The summed E-state index contributed by atoms with van der Waals surface area (Å²) in [5.41, 5.74) is 2.20. The van der Waals surface area contributed by atoms with Crippen molar-refractivity contribution in [2.24, 2.45) is 0 Å². The van der Waals surface area contributed by atoms with E-state index in [9.17, 15) is 4.79 Å². The van der Waals surface area contributed by atoms with Gasteiger partial charge in [-0.1, -0.05) is 19.3 Å². The Bertz CT molecular complexity index is 468. The summed E-state index contributed by atoms with van der Waals surface area (Å²) < 4.78 is 1.79. The van der Waals surface area contributed by atoms with Gasteiger partial charge in [0.15, 0.2) is 0 Å². The molecular formula is C14H20N2O. The number of rotatable bonds is 2. The first-order valence-corrected chi connectivity index (χ1v) is 6.86. The van der Waals surface area contributed by atoms with E-state index in [1.807, 2.05) is 13.0 Å². The molecule has 2 saturated carbocycles. The van der Waals surface area contributed by atoms with Crippen LogP contribution in [-0.4, -0.2) is 9.78 Å². The SMILES string of the molecule is Cc1cc(C2CC2)c(=O)n(C2CCCCC2)n1. The fourth-order valence-electron chi connectivity index (χ4n) is 2.92. The second-order valence-electron chi connectivity index (χ2n) is 5.56. The Kier molecular flexibility index (Phi) is 2.77. The van der Waals surface area contributed by atoms with Crippen LogP contribution in [-0.2, 0) is 0 Å². The fourth-order valence-corrected chi connectivity index (χ4v) is 2.92. The molecular weight excluding hydrogens is 212 g/mol. The van der Waals surface area contributed by atoms with Crippen molar-refractivity contribution in [3.63, 3.8) is 0 Å². The molecule has 3 heteroatoms. The predicted octanol–water partition coefficient (Wildman–Crippen LogP) is 2.93. The molecule has 0 unspecified atom stereocenters. The van der Waals surface area contributed by atoms with E-state index < -0.39 is 0 Å². The van der Waals surface area contributed by atoms with Crippen LogP contribution in [0.15, 0.2) is 10.9 Å². The van der Waals surface area contributed by atoms with Crippen LogP contribution in [0.25, 0.3) is 0 Å². The van der Waals surface area contributed by atoms with Gasteiger partial charge >= 0.3 is 0 Å². The van der Waals surface area contributed by atoms with Gasteiger partial charge < -0.3 is 0 Å². The van der Waals surface area contributed by atoms with E-state index in [2.05, 4.69) is 5.10 Å². The highest BCUT2D eigenvalue weighted by Crippen LogP contribution is 2.38. The van der Waals surface area contributed by atoms with Gasteiger partial charge in [0.25, 0.3) is 5.56 Å². The summed E-state index contributed by atoms with van der Waals surface area (Å²) in [6, 6.07) is 2.35. The van der Waals surface area contributed by atoms with Gasteiger partial charge in [0.2, 0.25) is 0 Å². The predicted molar refractivity (Wildman–Crippen MR) is 67.3 cm³/mol. The Morgan fingerprint density at radius 2 is 1.88 bits per heavy atom. The van der Waals surface area contributed by atoms with Crippen molar-refractivity contribution in [1.82, 2.24) is 9.78 Å². The summed E-state index contributed by atoms with van der Waals surface area (Å²) in [6.45, 7) is 2.00. The largest absolute Gasteiger partial charge is 0.270 e. The normalized spacial score (nSPS) is 21.7. The highest BCUT2D eigenvalue weighted by Gasteiger charge is 2.29. The number of aromatic nitrogens is 2. The molecule has 17 heavy (non-hydrogen) atoms. The molecule has 2 aliphatic carbocycles. The van der Waals surface area contributed by atoms with Crippen molar-refractivity contribution < 1.29 is 0 Å². The Hall–Kier alpha value is -1.12. The molecule has 0 atom stereocenters. The molecule has 0 N–H and O–H groups in total. The van der Waals surface area contributed by atoms with E-state index in [0.29, 0.717) is 12.0 Å². The molecule has 0 aliphatic heterocycles. The molecule has 3 rings (SSSR count). The standard InChI is InChI=1S/C14H20N2O/c1-10-9-13(11-7-8-11)14(17)16(15-10)12-5-3-2-4-6-12/h9,11-12H,2-8H2,1H3. The average Bonchev–Trinajstić information content (AvgIpc) is 3.17. The Morgan fingerprint density at radius 3 is 2.53 bits per heavy atom. The van der Waals surface area contributed by atoms with Crippen LogP contribution < -0.4 is 5.56 Å². The quantitative estimate of drug-likeness (QED) is 0.785. The summed E-state index contributed by atoms with van der Waals surface area (Å²) in [5, 5.41) is 4.47. The topological polar surface area (TPSA) is 34.9 Å². The van der Waals surface area contributed by atoms with Crippen molar-refractivity contribution >= 4 is 0 Å². The maximum Gasteiger partial charge on any atom is 0.270 e. The molecule has 0 saturated heterocycles. The third kappa shape index (κ3) is 2.15. The Morgan fingerprint density at radius 1 is 1.18 bits per heavy atom. The van der Waals surface area contributed by atoms with Crippen LogP contribution >= 0.6 is 0 Å². The fraction of sp³-hybridized carbons (Fsp3) is 0.714. The lowest BCUT2D eigenvalue weighted by atomic mass is 9.95. The molecule has 92 valence electrons. The molecule has 3 nitrogen and oxygen atoms in total. The summed E-state index contributed by atoms with van der Waals surface area (Å²) in [6.07, 6.45) is 8.41. The van der Waals surface area contributed by atoms with Gasteiger partial charge in [0, 0.05) is 5.56 Å². The lowest BCUT2D eigenvalue weighted by Crippen LogP contribution is -2.31. The zero-order valence-electron chi connectivity index (χ0n) is 10.5. The van der Waals surface area contributed by atoms with Crippen molar-refractivity contribution in [2.75, 3.05) is 0 Å². The van der Waals surface area contributed by atoms with Gasteiger partial charge in [-0.05, 0) is 44.6 Å². The van der Waals surface area contributed by atoms with Gasteiger partial charge in [-0.2, -0.15) is 5.10 Å². The highest BCUT2D eigenvalue weighted by atomic mass is 16.1. The highest BCUT2D eigenvalue weighted by molar-refractivity contribution is 5.22. The van der Waals surface area contributed by atoms with Gasteiger partial charge in [-0.25, -0.2) is 4.68 Å². The summed E-state index contributed by atoms with van der Waals surface area (Å²) in [5.74, 6) is 0.527. The lowest BCUT2D eigenvalue weighted by molar-refractivity contribution is 0.315. The zero-order chi connectivity index (χ0) is 11.8. The van der Waals surface area contributed by atoms with Crippen LogP contribution in [0.4, 0.5) is 0 Å². The molecule has 1 aromatic heterocycles. The minimum Gasteiger partial charge on any atom is -0.267 e. The van der Waals surface area contributed by atoms with Crippen LogP contribution in [0, 0.1) is 6.92 Å². The molecule has 1 heterocycles. The van der Waals surface area contributed by atoms with E-state index in [1.54, 1.807) is 4.68 Å². The summed E-state index contributed by atoms with van der Waals surface area (Å²) >= 11 is 0. The van der Waals surface area contributed by atoms with Crippen molar-refractivity contribution in [3.05, 3.63) is 27.7 Å². The molecule has 2 aliphatic rings. The second-order valence-corrected chi connectivity index (χ2v) is 5.56. The maximum absolute atomic E-state index is 12.4. The van der Waals surface area contributed by atoms with E-state index in [-0.39, 0.29) is 5.56 Å². The van der Waals surface area contributed by atoms with E-state index in [4.69, 9.17) is 0 Å². The molecule has 2 fully saturated rings. The number of hydrogen-bond acceptors (Lipinski definition) is 2. The average molecular weight is 232 g/mol. The van der Waals surface area contributed by atoms with Crippen LogP contribution in [0.5, 0.6) is 0 Å². The van der Waals surface area contributed by atoms with Crippen molar-refractivity contribution in [1.29, 1.82) is 0 Å². The minimum absolute atomic E-state index is 0.185. The minimum atomic E-state index is 0.185. The van der Waals surface area contributed by atoms with Gasteiger partial charge in [0.05, 0.1) is 11.7 Å². The first kappa shape index (κ1) is 11.0. The van der Waals surface area contributed by atoms with Gasteiger partial charge in [-0.15, -0.1) is 0 Å². The van der Waals surface area contributed by atoms with Crippen LogP contribution in [0.3, 0.4) is 0 Å². The lowest BCUT2D eigenvalue weighted by Gasteiger charge is -2.23. The number of nitrogens with zero attached hydrogens (tertiary/aromatic N) is 2. The first-order valence-electron chi connectivity index (χ1n) is 6.86. The molecule has 0 spiro atoms. The van der Waals surface area contributed by atoms with Crippen LogP contribution in [0.1, 0.15) is 68.2 Å². The third-order valence-electron chi connectivity index (χ3n) is 4.02. The third-order valence-corrected chi connectivity index (χ3v) is 4.02.